The van der Waals surface area contributed by atoms with Crippen LogP contribution in [0.2, 0.25) is 0 Å². The van der Waals surface area contributed by atoms with E-state index in [1.807, 2.05) is 20.8 Å². The number of halogens is 3. The number of amides is 1. The van der Waals surface area contributed by atoms with Crippen molar-refractivity contribution in [2.75, 3.05) is 26.7 Å². The van der Waals surface area contributed by atoms with Crippen molar-refractivity contribution >= 4 is 6.09 Å². The van der Waals surface area contributed by atoms with Crippen molar-refractivity contribution in [3.05, 3.63) is 35.7 Å². The Bertz CT molecular complexity index is 892. The van der Waals surface area contributed by atoms with Crippen LogP contribution in [0.5, 0.6) is 0 Å². The van der Waals surface area contributed by atoms with Gasteiger partial charge in [-0.15, -0.1) is 5.10 Å². The summed E-state index contributed by atoms with van der Waals surface area (Å²) in [6.07, 6.45) is -3.83. The first kappa shape index (κ1) is 23.0. The zero-order chi connectivity index (χ0) is 22.8. The minimum Gasteiger partial charge on any atom is -0.444 e. The van der Waals surface area contributed by atoms with Crippen LogP contribution in [0.1, 0.15) is 38.6 Å². The van der Waals surface area contributed by atoms with Crippen LogP contribution in [-0.4, -0.2) is 68.4 Å². The number of alkyl halides is 3. The molecule has 2 aromatic rings. The standard InChI is InChI=1S/C20H27F3N6O2/c1-19(2,3)31-18(30)27(4)11-14-9-10-28(12-14)13-17-24-25-26-29(17)16-7-5-15(6-8-16)20(21,22)23/h5-8,14H,9-13H2,1-4H3. The number of likely N-dealkylation sites (tertiary alicyclic amines) is 1. The third-order valence-electron chi connectivity index (χ3n) is 4.95. The summed E-state index contributed by atoms with van der Waals surface area (Å²) >= 11 is 0. The molecule has 2 heterocycles. The monoisotopic (exact) mass is 440 g/mol. The molecule has 1 aromatic heterocycles. The smallest absolute Gasteiger partial charge is 0.416 e. The van der Waals surface area contributed by atoms with Crippen molar-refractivity contribution in [3.63, 3.8) is 0 Å². The molecule has 31 heavy (non-hydrogen) atoms. The number of tetrazole rings is 1. The minimum atomic E-state index is -4.39. The first-order chi connectivity index (χ1) is 14.4. The summed E-state index contributed by atoms with van der Waals surface area (Å²) in [4.78, 5) is 15.9. The Morgan fingerprint density at radius 2 is 1.90 bits per heavy atom. The van der Waals surface area contributed by atoms with E-state index in [-0.39, 0.29) is 12.0 Å². The van der Waals surface area contributed by atoms with Gasteiger partial charge >= 0.3 is 12.3 Å². The molecule has 1 amide bonds. The van der Waals surface area contributed by atoms with Gasteiger partial charge in [0.1, 0.15) is 5.60 Å². The fraction of sp³-hybridized carbons (Fsp3) is 0.600. The molecule has 1 unspecified atom stereocenters. The van der Waals surface area contributed by atoms with E-state index in [0.29, 0.717) is 24.6 Å². The van der Waals surface area contributed by atoms with Crippen LogP contribution in [0.3, 0.4) is 0 Å². The quantitative estimate of drug-likeness (QED) is 0.710. The van der Waals surface area contributed by atoms with Gasteiger partial charge < -0.3 is 9.64 Å². The fourth-order valence-electron chi connectivity index (χ4n) is 3.50. The van der Waals surface area contributed by atoms with Crippen LogP contribution in [0.25, 0.3) is 5.69 Å². The fourth-order valence-corrected chi connectivity index (χ4v) is 3.50. The lowest BCUT2D eigenvalue weighted by Crippen LogP contribution is -2.37. The molecule has 0 saturated carbocycles. The minimum absolute atomic E-state index is 0.285. The highest BCUT2D eigenvalue weighted by molar-refractivity contribution is 5.67. The highest BCUT2D eigenvalue weighted by Gasteiger charge is 2.31. The number of benzene rings is 1. The van der Waals surface area contributed by atoms with E-state index in [9.17, 15) is 18.0 Å². The lowest BCUT2D eigenvalue weighted by Gasteiger charge is -2.26. The molecule has 1 aliphatic heterocycles. The molecule has 1 aromatic carbocycles. The van der Waals surface area contributed by atoms with E-state index in [2.05, 4.69) is 20.4 Å². The molecule has 0 bridgehead atoms. The second-order valence-corrected chi connectivity index (χ2v) is 8.80. The van der Waals surface area contributed by atoms with E-state index in [1.165, 1.54) is 16.8 Å². The SMILES string of the molecule is CN(CC1CCN(Cc2nnnn2-c2ccc(C(F)(F)F)cc2)C1)C(=O)OC(C)(C)C. The highest BCUT2D eigenvalue weighted by Crippen LogP contribution is 2.29. The number of aromatic nitrogens is 4. The van der Waals surface area contributed by atoms with Gasteiger partial charge in [0.25, 0.3) is 0 Å². The molecule has 0 N–H and O–H groups in total. The number of hydrogen-bond acceptors (Lipinski definition) is 6. The van der Waals surface area contributed by atoms with Crippen LogP contribution in [0, 0.1) is 5.92 Å². The van der Waals surface area contributed by atoms with Crippen molar-refractivity contribution in [1.29, 1.82) is 0 Å². The second kappa shape index (κ2) is 8.81. The summed E-state index contributed by atoms with van der Waals surface area (Å²) in [5, 5.41) is 11.6. The Hall–Kier alpha value is -2.69. The molecule has 0 aliphatic carbocycles. The van der Waals surface area contributed by atoms with Crippen LogP contribution in [-0.2, 0) is 17.5 Å². The van der Waals surface area contributed by atoms with Crippen LogP contribution in [0.4, 0.5) is 18.0 Å². The van der Waals surface area contributed by atoms with Crippen molar-refractivity contribution in [2.45, 2.75) is 45.5 Å². The predicted octanol–water partition coefficient (Wildman–Crippen LogP) is 3.37. The van der Waals surface area contributed by atoms with Gasteiger partial charge in [0.05, 0.1) is 17.8 Å². The summed E-state index contributed by atoms with van der Waals surface area (Å²) in [6.45, 7) is 8.10. The summed E-state index contributed by atoms with van der Waals surface area (Å²) in [5.41, 5.74) is -0.793. The summed E-state index contributed by atoms with van der Waals surface area (Å²) in [7, 11) is 1.72. The molecule has 11 heteroatoms. The molecule has 1 saturated heterocycles. The molecular weight excluding hydrogens is 413 g/mol. The number of nitrogens with zero attached hydrogens (tertiary/aromatic N) is 6. The zero-order valence-electron chi connectivity index (χ0n) is 18.1. The van der Waals surface area contributed by atoms with Gasteiger partial charge in [0.2, 0.25) is 0 Å². The predicted molar refractivity (Wildman–Crippen MR) is 106 cm³/mol. The maximum absolute atomic E-state index is 12.8. The number of rotatable bonds is 5. The molecular formula is C20H27F3N6O2. The van der Waals surface area contributed by atoms with Crippen LogP contribution in [0.15, 0.2) is 24.3 Å². The van der Waals surface area contributed by atoms with Gasteiger partial charge in [0, 0.05) is 20.1 Å². The number of carbonyl (C=O) groups is 1. The third kappa shape index (κ3) is 6.16. The molecule has 170 valence electrons. The van der Waals surface area contributed by atoms with Crippen LogP contribution >= 0.6 is 0 Å². The van der Waals surface area contributed by atoms with E-state index in [4.69, 9.17) is 4.74 Å². The Labute approximate surface area is 179 Å². The van der Waals surface area contributed by atoms with Crippen LogP contribution < -0.4 is 0 Å². The number of carbonyl (C=O) groups excluding carboxylic acids is 1. The molecule has 3 rings (SSSR count). The van der Waals surface area contributed by atoms with Gasteiger partial charge in [-0.2, -0.15) is 17.9 Å². The lowest BCUT2D eigenvalue weighted by atomic mass is 10.1. The molecule has 1 fully saturated rings. The second-order valence-electron chi connectivity index (χ2n) is 8.80. The van der Waals surface area contributed by atoms with Crippen molar-refractivity contribution in [1.82, 2.24) is 30.0 Å². The zero-order valence-corrected chi connectivity index (χ0v) is 18.1. The van der Waals surface area contributed by atoms with E-state index >= 15 is 0 Å². The van der Waals surface area contributed by atoms with Gasteiger partial charge in [0.15, 0.2) is 5.82 Å². The Balaban J connectivity index is 1.58. The molecule has 0 spiro atoms. The van der Waals surface area contributed by atoms with Gasteiger partial charge in [-0.1, -0.05) is 0 Å². The van der Waals surface area contributed by atoms with Gasteiger partial charge in [-0.05, 0) is 74.3 Å². The van der Waals surface area contributed by atoms with E-state index in [1.54, 1.807) is 11.9 Å². The van der Waals surface area contributed by atoms with Crippen molar-refractivity contribution < 1.29 is 22.7 Å². The third-order valence-corrected chi connectivity index (χ3v) is 4.95. The topological polar surface area (TPSA) is 76.4 Å². The highest BCUT2D eigenvalue weighted by atomic mass is 19.4. The summed E-state index contributed by atoms with van der Waals surface area (Å²) in [6, 6.07) is 4.73. The Kier molecular flexibility index (Phi) is 6.54. The maximum Gasteiger partial charge on any atom is 0.416 e. The van der Waals surface area contributed by atoms with Gasteiger partial charge in [-0.25, -0.2) is 4.79 Å². The molecule has 8 nitrogen and oxygen atoms in total. The first-order valence-corrected chi connectivity index (χ1v) is 10.0. The first-order valence-electron chi connectivity index (χ1n) is 10.0. The summed E-state index contributed by atoms with van der Waals surface area (Å²) in [5.74, 6) is 0.828. The van der Waals surface area contributed by atoms with E-state index in [0.717, 1.165) is 31.6 Å². The van der Waals surface area contributed by atoms with E-state index < -0.39 is 17.3 Å². The average Bonchev–Trinajstić information content (AvgIpc) is 3.29. The normalized spacial score (nSPS) is 17.7. The maximum atomic E-state index is 12.8. The largest absolute Gasteiger partial charge is 0.444 e. The van der Waals surface area contributed by atoms with Crippen molar-refractivity contribution in [3.8, 4) is 5.69 Å². The summed E-state index contributed by atoms with van der Waals surface area (Å²) < 4.78 is 45.2. The molecule has 1 atom stereocenters. The Morgan fingerprint density at radius 1 is 1.23 bits per heavy atom. The average molecular weight is 440 g/mol. The molecule has 0 radical (unpaired) electrons. The Morgan fingerprint density at radius 3 is 2.52 bits per heavy atom. The number of ether oxygens (including phenoxy) is 1. The van der Waals surface area contributed by atoms with Crippen molar-refractivity contribution in [2.24, 2.45) is 5.92 Å². The number of hydrogen-bond donors (Lipinski definition) is 0. The molecule has 1 aliphatic rings. The van der Waals surface area contributed by atoms with Gasteiger partial charge in [-0.3, -0.25) is 4.90 Å². The lowest BCUT2D eigenvalue weighted by molar-refractivity contribution is -0.137.